The van der Waals surface area contributed by atoms with Crippen LogP contribution in [-0.2, 0) is 9.53 Å². The molecule has 0 amide bonds. The summed E-state index contributed by atoms with van der Waals surface area (Å²) in [6.45, 7) is 10.7. The van der Waals surface area contributed by atoms with Gasteiger partial charge in [-0.1, -0.05) is 27.7 Å². The molecule has 0 aromatic heterocycles. The molecule has 1 heterocycles. The lowest BCUT2D eigenvalue weighted by atomic mass is 9.40. The van der Waals surface area contributed by atoms with E-state index < -0.39 is 57.6 Å². The molecule has 8 atom stereocenters. The number of aliphatic hydroxyl groups excluding tert-OH is 3. The number of fused-ring (bicyclic) bond motifs is 3. The van der Waals surface area contributed by atoms with Crippen molar-refractivity contribution in [3.8, 4) is 0 Å². The zero-order valence-electron chi connectivity index (χ0n) is 16.7. The highest BCUT2D eigenvalue weighted by Gasteiger charge is 2.80. The first-order valence-corrected chi connectivity index (χ1v) is 9.71. The summed E-state index contributed by atoms with van der Waals surface area (Å²) in [5, 5.41) is 45.0. The summed E-state index contributed by atoms with van der Waals surface area (Å²) in [6.07, 6.45) is -2.06. The normalized spacial score (nSPS) is 56.6. The number of hydrogen-bond donors (Lipinski definition) is 4. The van der Waals surface area contributed by atoms with Crippen LogP contribution in [0.4, 0.5) is 0 Å². The van der Waals surface area contributed by atoms with Gasteiger partial charge in [-0.05, 0) is 38.5 Å². The molecule has 0 radical (unpaired) electrons. The Bertz CT molecular complexity index is 619. The van der Waals surface area contributed by atoms with Crippen molar-refractivity contribution >= 4 is 5.78 Å². The molecule has 1 saturated heterocycles. The van der Waals surface area contributed by atoms with Gasteiger partial charge in [-0.25, -0.2) is 0 Å². The number of rotatable bonds is 1. The Morgan fingerprint density at radius 2 is 1.69 bits per heavy atom. The minimum absolute atomic E-state index is 0.00780. The summed E-state index contributed by atoms with van der Waals surface area (Å²) in [6, 6.07) is 0. The second-order valence-corrected chi connectivity index (χ2v) is 10.1. The van der Waals surface area contributed by atoms with Gasteiger partial charge in [0.1, 0.15) is 11.7 Å². The maximum absolute atomic E-state index is 13.4. The first-order valence-electron chi connectivity index (χ1n) is 9.71. The molecular formula is C20H34O6. The van der Waals surface area contributed by atoms with E-state index in [1.807, 2.05) is 20.8 Å². The third-order valence-corrected chi connectivity index (χ3v) is 8.11. The summed E-state index contributed by atoms with van der Waals surface area (Å²) >= 11 is 0. The van der Waals surface area contributed by atoms with E-state index in [-0.39, 0.29) is 6.42 Å². The van der Waals surface area contributed by atoms with Crippen LogP contribution in [0, 0.1) is 16.7 Å². The molecule has 0 bridgehead atoms. The second kappa shape index (κ2) is 5.51. The highest BCUT2D eigenvalue weighted by molar-refractivity contribution is 5.92. The molecule has 6 nitrogen and oxygen atoms in total. The maximum Gasteiger partial charge on any atom is 0.170 e. The van der Waals surface area contributed by atoms with E-state index in [1.165, 1.54) is 6.92 Å². The van der Waals surface area contributed by atoms with Gasteiger partial charge < -0.3 is 25.2 Å². The molecule has 3 rings (SSSR count). The molecule has 2 saturated carbocycles. The molecule has 4 N–H and O–H groups in total. The summed E-state index contributed by atoms with van der Waals surface area (Å²) in [7, 11) is 0. The first-order chi connectivity index (χ1) is 11.7. The van der Waals surface area contributed by atoms with Crippen molar-refractivity contribution in [2.75, 3.05) is 0 Å². The number of carbonyl (C=O) groups excluding carboxylic acids is 1. The molecule has 3 aliphatic rings. The van der Waals surface area contributed by atoms with Gasteiger partial charge in [0.25, 0.3) is 0 Å². The Balaban J connectivity index is 2.27. The van der Waals surface area contributed by atoms with Gasteiger partial charge in [0, 0.05) is 17.8 Å². The quantitative estimate of drug-likeness (QED) is 0.552. The number of ether oxygens (including phenoxy) is 1. The minimum Gasteiger partial charge on any atom is -0.392 e. The highest BCUT2D eigenvalue weighted by atomic mass is 16.6. The average molecular weight is 370 g/mol. The van der Waals surface area contributed by atoms with Crippen molar-refractivity contribution in [1.29, 1.82) is 0 Å². The molecule has 6 heteroatoms. The number of carbonyl (C=O) groups is 1. The summed E-state index contributed by atoms with van der Waals surface area (Å²) in [5.74, 6) is -1.07. The molecule has 26 heavy (non-hydrogen) atoms. The van der Waals surface area contributed by atoms with Gasteiger partial charge in [0.15, 0.2) is 11.4 Å². The topological polar surface area (TPSA) is 107 Å². The highest BCUT2D eigenvalue weighted by Crippen LogP contribution is 2.66. The van der Waals surface area contributed by atoms with Crippen LogP contribution in [-0.4, -0.2) is 61.3 Å². The summed E-state index contributed by atoms with van der Waals surface area (Å²) < 4.78 is 6.21. The van der Waals surface area contributed by atoms with Crippen LogP contribution in [0.1, 0.15) is 67.2 Å². The molecule has 2 aliphatic carbocycles. The van der Waals surface area contributed by atoms with Crippen molar-refractivity contribution in [3.05, 3.63) is 0 Å². The smallest absolute Gasteiger partial charge is 0.170 e. The van der Waals surface area contributed by atoms with Gasteiger partial charge in [0.05, 0.1) is 17.8 Å². The SMILES string of the molecule is CC[C@@]1(C)CC(=O)[C@]2(O)[C@@]3(C)[C@@H](O)CCC(C)(C)[C@@H]3[C@H](O)[C@H](O)[C@@]2(C)O1. The van der Waals surface area contributed by atoms with E-state index in [2.05, 4.69) is 0 Å². The van der Waals surface area contributed by atoms with Crippen LogP contribution in [0.15, 0.2) is 0 Å². The van der Waals surface area contributed by atoms with Gasteiger partial charge >= 0.3 is 0 Å². The predicted octanol–water partition coefficient (Wildman–Crippen LogP) is 1.17. The van der Waals surface area contributed by atoms with E-state index in [0.29, 0.717) is 19.3 Å². The van der Waals surface area contributed by atoms with Crippen LogP contribution in [0.3, 0.4) is 0 Å². The van der Waals surface area contributed by atoms with Crippen LogP contribution in [0.25, 0.3) is 0 Å². The fourth-order valence-corrected chi connectivity index (χ4v) is 6.45. The van der Waals surface area contributed by atoms with E-state index in [0.717, 1.165) is 0 Å². The monoisotopic (exact) mass is 370 g/mol. The Morgan fingerprint density at radius 1 is 1.12 bits per heavy atom. The lowest BCUT2D eigenvalue weighted by Crippen LogP contribution is -2.86. The molecule has 1 aliphatic heterocycles. The standard InChI is InChI=1S/C20H34O6/c1-7-17(4)10-12(22)20(25)18(5)11(21)8-9-16(2,3)14(18)13(23)15(24)19(20,6)26-17/h11,13-15,21,23-25H,7-10H2,1-6H3/t11-,13-,14-,15-,17-,18-,19+,20-/m0/s1. The van der Waals surface area contributed by atoms with Crippen LogP contribution in [0.5, 0.6) is 0 Å². The van der Waals surface area contributed by atoms with Crippen LogP contribution in [0.2, 0.25) is 0 Å². The summed E-state index contributed by atoms with van der Waals surface area (Å²) in [5.41, 5.74) is -6.41. The second-order valence-electron chi connectivity index (χ2n) is 10.1. The van der Waals surface area contributed by atoms with Crippen molar-refractivity contribution in [1.82, 2.24) is 0 Å². The number of aliphatic hydroxyl groups is 4. The summed E-state index contributed by atoms with van der Waals surface area (Å²) in [4.78, 5) is 13.4. The fraction of sp³-hybridized carbons (Fsp3) is 0.950. The largest absolute Gasteiger partial charge is 0.392 e. The van der Waals surface area contributed by atoms with E-state index in [1.54, 1.807) is 13.8 Å². The lowest BCUT2D eigenvalue weighted by Gasteiger charge is -2.71. The van der Waals surface area contributed by atoms with E-state index >= 15 is 0 Å². The Kier molecular flexibility index (Phi) is 4.28. The number of hydrogen-bond acceptors (Lipinski definition) is 6. The van der Waals surface area contributed by atoms with E-state index in [4.69, 9.17) is 4.74 Å². The van der Waals surface area contributed by atoms with E-state index in [9.17, 15) is 25.2 Å². The van der Waals surface area contributed by atoms with Crippen molar-refractivity contribution < 1.29 is 30.0 Å². The molecule has 150 valence electrons. The van der Waals surface area contributed by atoms with Gasteiger partial charge in [-0.3, -0.25) is 4.79 Å². The van der Waals surface area contributed by atoms with Crippen molar-refractivity contribution in [2.24, 2.45) is 16.7 Å². The predicted molar refractivity (Wildman–Crippen MR) is 95.4 cm³/mol. The molecular weight excluding hydrogens is 336 g/mol. The minimum atomic E-state index is -2.09. The van der Waals surface area contributed by atoms with Gasteiger partial charge in [0.2, 0.25) is 0 Å². The third kappa shape index (κ3) is 2.08. The molecule has 0 aromatic rings. The molecule has 3 fully saturated rings. The van der Waals surface area contributed by atoms with Crippen molar-refractivity contribution in [3.63, 3.8) is 0 Å². The van der Waals surface area contributed by atoms with Gasteiger partial charge in [-0.15, -0.1) is 0 Å². The average Bonchev–Trinajstić information content (AvgIpc) is 2.54. The zero-order valence-corrected chi connectivity index (χ0v) is 16.7. The lowest BCUT2D eigenvalue weighted by molar-refractivity contribution is -0.375. The first kappa shape index (κ1) is 20.2. The van der Waals surface area contributed by atoms with Crippen LogP contribution < -0.4 is 0 Å². The Hall–Kier alpha value is -0.530. The van der Waals surface area contributed by atoms with Crippen LogP contribution >= 0.6 is 0 Å². The van der Waals surface area contributed by atoms with Gasteiger partial charge in [-0.2, -0.15) is 0 Å². The molecule has 0 spiro atoms. The number of ketones is 1. The molecule has 0 unspecified atom stereocenters. The fourth-order valence-electron chi connectivity index (χ4n) is 6.45. The third-order valence-electron chi connectivity index (χ3n) is 8.11. The van der Waals surface area contributed by atoms with Crippen molar-refractivity contribution in [2.45, 2.75) is 102 Å². The maximum atomic E-state index is 13.4. The molecule has 0 aromatic carbocycles. The zero-order chi connectivity index (χ0) is 19.9. The Labute approximate surface area is 155 Å². The number of Topliss-reactive ketones (excluding diaryl/α,β-unsaturated/α-hetero) is 1. The Morgan fingerprint density at radius 3 is 2.23 bits per heavy atom.